The van der Waals surface area contributed by atoms with E-state index in [1.165, 1.54) is 14.2 Å². The van der Waals surface area contributed by atoms with Gasteiger partial charge in [0.05, 0.1) is 30.9 Å². The number of benzene rings is 2. The molecule has 0 radical (unpaired) electrons. The number of carbonyl (C=O) groups is 1. The molecule has 118 valence electrons. The number of amides is 1. The Hall–Kier alpha value is -2.54. The second kappa shape index (κ2) is 5.92. The Bertz CT molecular complexity index is 880. The molecule has 0 aliphatic rings. The van der Waals surface area contributed by atoms with Crippen molar-refractivity contribution in [2.24, 2.45) is 5.73 Å². The maximum Gasteiger partial charge on any atom is 0.256 e. The lowest BCUT2D eigenvalue weighted by molar-refractivity contribution is 0.0994. The summed E-state index contributed by atoms with van der Waals surface area (Å²) >= 11 is 3.43. The molecule has 1 aromatic heterocycles. The molecule has 1 amide bonds. The minimum absolute atomic E-state index is 0.214. The second-order valence-corrected chi connectivity index (χ2v) is 5.75. The SMILES string of the molecule is COc1cc(-n2cnc3cc(Br)ccc32)cc(OC)c1C(N)=O. The van der Waals surface area contributed by atoms with E-state index in [0.29, 0.717) is 11.5 Å². The molecule has 0 fully saturated rings. The molecule has 0 atom stereocenters. The highest BCUT2D eigenvalue weighted by Crippen LogP contribution is 2.33. The molecule has 1 heterocycles. The molecule has 0 spiro atoms. The summed E-state index contributed by atoms with van der Waals surface area (Å²) in [4.78, 5) is 16.0. The standard InChI is InChI=1S/C16H14BrN3O3/c1-22-13-6-10(7-14(23-2)15(13)16(18)21)20-8-19-11-5-9(17)3-4-12(11)20/h3-8H,1-2H3,(H2,18,21). The van der Waals surface area contributed by atoms with Gasteiger partial charge < -0.3 is 15.2 Å². The summed E-state index contributed by atoms with van der Waals surface area (Å²) in [6.45, 7) is 0. The summed E-state index contributed by atoms with van der Waals surface area (Å²) in [6, 6.07) is 9.27. The number of primary amides is 1. The van der Waals surface area contributed by atoms with Gasteiger partial charge in [-0.1, -0.05) is 15.9 Å². The van der Waals surface area contributed by atoms with Crippen LogP contribution in [0.25, 0.3) is 16.7 Å². The van der Waals surface area contributed by atoms with Crippen LogP contribution in [0.5, 0.6) is 11.5 Å². The summed E-state index contributed by atoms with van der Waals surface area (Å²) in [6.07, 6.45) is 1.70. The molecule has 0 saturated heterocycles. The zero-order valence-corrected chi connectivity index (χ0v) is 14.1. The summed E-state index contributed by atoms with van der Waals surface area (Å²) in [5.74, 6) is 0.0984. The lowest BCUT2D eigenvalue weighted by atomic mass is 10.1. The number of carbonyl (C=O) groups excluding carboxylic acids is 1. The van der Waals surface area contributed by atoms with Gasteiger partial charge in [0, 0.05) is 16.6 Å². The lowest BCUT2D eigenvalue weighted by Gasteiger charge is -2.14. The van der Waals surface area contributed by atoms with Crippen LogP contribution in [0.3, 0.4) is 0 Å². The van der Waals surface area contributed by atoms with E-state index >= 15 is 0 Å². The van der Waals surface area contributed by atoms with Gasteiger partial charge in [-0.2, -0.15) is 0 Å². The number of halogens is 1. The highest BCUT2D eigenvalue weighted by molar-refractivity contribution is 9.10. The molecule has 0 unspecified atom stereocenters. The minimum atomic E-state index is -0.607. The van der Waals surface area contributed by atoms with Crippen molar-refractivity contribution < 1.29 is 14.3 Å². The summed E-state index contributed by atoms with van der Waals surface area (Å²) in [5, 5.41) is 0. The van der Waals surface area contributed by atoms with Crippen LogP contribution >= 0.6 is 15.9 Å². The molecule has 3 rings (SSSR count). The number of aromatic nitrogens is 2. The zero-order valence-electron chi connectivity index (χ0n) is 12.5. The summed E-state index contributed by atoms with van der Waals surface area (Å²) in [5.41, 5.74) is 8.16. The van der Waals surface area contributed by atoms with Gasteiger partial charge in [0.2, 0.25) is 0 Å². The third kappa shape index (κ3) is 2.63. The molecular formula is C16H14BrN3O3. The normalized spacial score (nSPS) is 10.7. The number of nitrogens with zero attached hydrogens (tertiary/aromatic N) is 2. The van der Waals surface area contributed by atoms with Crippen molar-refractivity contribution in [1.29, 1.82) is 0 Å². The molecule has 2 N–H and O–H groups in total. The molecule has 7 heteroatoms. The largest absolute Gasteiger partial charge is 0.496 e. The average Bonchev–Trinajstić information content (AvgIpc) is 2.96. The molecule has 0 aliphatic carbocycles. The van der Waals surface area contributed by atoms with E-state index in [4.69, 9.17) is 15.2 Å². The van der Waals surface area contributed by atoms with Crippen LogP contribution in [0.1, 0.15) is 10.4 Å². The molecule has 0 bridgehead atoms. The smallest absolute Gasteiger partial charge is 0.256 e. The Morgan fingerprint density at radius 1 is 1.17 bits per heavy atom. The Balaban J connectivity index is 2.24. The Kier molecular flexibility index (Phi) is 3.96. The number of ether oxygens (including phenoxy) is 2. The molecule has 6 nitrogen and oxygen atoms in total. The fourth-order valence-corrected chi connectivity index (χ4v) is 2.82. The van der Waals surface area contributed by atoms with Crippen LogP contribution in [-0.4, -0.2) is 29.7 Å². The number of fused-ring (bicyclic) bond motifs is 1. The fourth-order valence-electron chi connectivity index (χ4n) is 2.47. The van der Waals surface area contributed by atoms with Crippen molar-refractivity contribution >= 4 is 32.9 Å². The van der Waals surface area contributed by atoms with Gasteiger partial charge in [-0.15, -0.1) is 0 Å². The van der Waals surface area contributed by atoms with Crippen molar-refractivity contribution in [1.82, 2.24) is 9.55 Å². The van der Waals surface area contributed by atoms with E-state index in [9.17, 15) is 4.79 Å². The first-order chi connectivity index (χ1) is 11.0. The molecular weight excluding hydrogens is 362 g/mol. The van der Waals surface area contributed by atoms with Gasteiger partial charge in [0.15, 0.2) is 0 Å². The predicted molar refractivity (Wildman–Crippen MR) is 90.4 cm³/mol. The summed E-state index contributed by atoms with van der Waals surface area (Å²) < 4.78 is 13.4. The van der Waals surface area contributed by atoms with Gasteiger partial charge in [-0.25, -0.2) is 4.98 Å². The van der Waals surface area contributed by atoms with Gasteiger partial charge in [0.25, 0.3) is 5.91 Å². The number of hydrogen-bond donors (Lipinski definition) is 1. The van der Waals surface area contributed by atoms with Crippen LogP contribution in [-0.2, 0) is 0 Å². The second-order valence-electron chi connectivity index (χ2n) is 4.84. The first-order valence-corrected chi connectivity index (χ1v) is 7.53. The Morgan fingerprint density at radius 2 is 1.83 bits per heavy atom. The molecule has 0 aliphatic heterocycles. The number of hydrogen-bond acceptors (Lipinski definition) is 4. The number of methoxy groups -OCH3 is 2. The van der Waals surface area contributed by atoms with Crippen LogP contribution in [0.4, 0.5) is 0 Å². The van der Waals surface area contributed by atoms with Gasteiger partial charge in [0.1, 0.15) is 23.4 Å². The summed E-state index contributed by atoms with van der Waals surface area (Å²) in [7, 11) is 2.96. The molecule has 3 aromatic rings. The van der Waals surface area contributed by atoms with E-state index < -0.39 is 5.91 Å². The molecule has 0 saturated carbocycles. The number of imidazole rings is 1. The van der Waals surface area contributed by atoms with Gasteiger partial charge in [-0.3, -0.25) is 9.36 Å². The highest BCUT2D eigenvalue weighted by Gasteiger charge is 2.18. The molecule has 23 heavy (non-hydrogen) atoms. The van der Waals surface area contributed by atoms with Crippen molar-refractivity contribution in [2.75, 3.05) is 14.2 Å². The molecule has 2 aromatic carbocycles. The van der Waals surface area contributed by atoms with E-state index in [0.717, 1.165) is 21.2 Å². The van der Waals surface area contributed by atoms with Crippen molar-refractivity contribution in [3.05, 3.63) is 46.7 Å². The number of rotatable bonds is 4. The van der Waals surface area contributed by atoms with E-state index in [1.807, 2.05) is 22.8 Å². The maximum atomic E-state index is 11.6. The quantitative estimate of drug-likeness (QED) is 0.760. The third-order valence-electron chi connectivity index (χ3n) is 3.52. The lowest BCUT2D eigenvalue weighted by Crippen LogP contribution is -2.14. The van der Waals surface area contributed by atoms with Crippen LogP contribution in [0.2, 0.25) is 0 Å². The predicted octanol–water partition coefficient (Wildman–Crippen LogP) is 2.90. The van der Waals surface area contributed by atoms with E-state index in [1.54, 1.807) is 18.5 Å². The van der Waals surface area contributed by atoms with Gasteiger partial charge in [-0.05, 0) is 18.2 Å². The van der Waals surface area contributed by atoms with Crippen molar-refractivity contribution in [3.63, 3.8) is 0 Å². The van der Waals surface area contributed by atoms with Crippen LogP contribution in [0.15, 0.2) is 41.1 Å². The van der Waals surface area contributed by atoms with Crippen LogP contribution < -0.4 is 15.2 Å². The minimum Gasteiger partial charge on any atom is -0.496 e. The first-order valence-electron chi connectivity index (χ1n) is 6.74. The van der Waals surface area contributed by atoms with E-state index in [2.05, 4.69) is 20.9 Å². The van der Waals surface area contributed by atoms with E-state index in [-0.39, 0.29) is 5.56 Å². The zero-order chi connectivity index (χ0) is 16.6. The monoisotopic (exact) mass is 375 g/mol. The fraction of sp³-hybridized carbons (Fsp3) is 0.125. The topological polar surface area (TPSA) is 79.4 Å². The van der Waals surface area contributed by atoms with Gasteiger partial charge >= 0.3 is 0 Å². The third-order valence-corrected chi connectivity index (χ3v) is 4.02. The Labute approximate surface area is 140 Å². The maximum absolute atomic E-state index is 11.6. The van der Waals surface area contributed by atoms with Crippen LogP contribution in [0, 0.1) is 0 Å². The van der Waals surface area contributed by atoms with Crippen molar-refractivity contribution in [2.45, 2.75) is 0 Å². The average molecular weight is 376 g/mol. The van der Waals surface area contributed by atoms with Crippen molar-refractivity contribution in [3.8, 4) is 17.2 Å². The first kappa shape index (κ1) is 15.4. The highest BCUT2D eigenvalue weighted by atomic mass is 79.9. The Morgan fingerprint density at radius 3 is 2.39 bits per heavy atom. The number of nitrogens with two attached hydrogens (primary N) is 1.